The molecule has 3 aromatic rings. The van der Waals surface area contributed by atoms with Gasteiger partial charge in [-0.3, -0.25) is 20.0 Å². The van der Waals surface area contributed by atoms with E-state index in [1.54, 1.807) is 54.6 Å². The van der Waals surface area contributed by atoms with Gasteiger partial charge in [-0.25, -0.2) is 0 Å². The summed E-state index contributed by atoms with van der Waals surface area (Å²) in [4.78, 5) is 27.8. The number of primary amides is 1. The zero-order valence-corrected chi connectivity index (χ0v) is 19.2. The van der Waals surface area contributed by atoms with E-state index in [-0.39, 0.29) is 36.8 Å². The number of nitrogens with two attached hydrogens (primary N) is 2. The van der Waals surface area contributed by atoms with Crippen LogP contribution < -0.4 is 28.3 Å². The summed E-state index contributed by atoms with van der Waals surface area (Å²) in [6.07, 6.45) is 1.41. The molecule has 0 aliphatic rings. The summed E-state index contributed by atoms with van der Waals surface area (Å²) in [6, 6.07) is 15.2. The molecule has 0 aliphatic heterocycles. The average Bonchev–Trinajstić information content (AvgIpc) is 2.76. The van der Waals surface area contributed by atoms with Gasteiger partial charge in [0.1, 0.15) is 5.84 Å². The highest BCUT2D eigenvalue weighted by atomic mass is 35.5. The Kier molecular flexibility index (Phi) is 10.3. The number of hydrogen-bond acceptors (Lipinski definition) is 6. The molecule has 33 heavy (non-hydrogen) atoms. The standard InChI is InChI=1S/C22H21ClN6O2.ClH.H3N/c23-17-3-1-2-14(8-17)22(31)29-10-15-5-4-13(20(24)25)9-19(15)28-12-18-7-6-16(11-27-18)21(26)30;;/h1-9,11,28H,10,12H2,(H3,24,25)(H2,26,30)(H,29,31);1H;1H3. The fourth-order valence-electron chi connectivity index (χ4n) is 2.83. The fraction of sp³-hybridized carbons (Fsp3) is 0.0909. The normalized spacial score (nSPS) is 9.73. The van der Waals surface area contributed by atoms with Crippen molar-refractivity contribution in [1.29, 1.82) is 5.41 Å². The Labute approximate surface area is 202 Å². The van der Waals surface area contributed by atoms with Crippen LogP contribution in [0.4, 0.5) is 5.69 Å². The predicted octanol–water partition coefficient (Wildman–Crippen LogP) is 3.24. The monoisotopic (exact) mass is 489 g/mol. The number of benzene rings is 2. The second-order valence-corrected chi connectivity index (χ2v) is 7.17. The van der Waals surface area contributed by atoms with Gasteiger partial charge in [-0.15, -0.1) is 12.4 Å². The van der Waals surface area contributed by atoms with Gasteiger partial charge in [-0.1, -0.05) is 29.8 Å². The van der Waals surface area contributed by atoms with Crippen LogP contribution in [0, 0.1) is 5.41 Å². The van der Waals surface area contributed by atoms with E-state index in [1.165, 1.54) is 6.20 Å². The highest BCUT2D eigenvalue weighted by Gasteiger charge is 2.10. The molecule has 0 saturated heterocycles. The van der Waals surface area contributed by atoms with Gasteiger partial charge in [-0.2, -0.15) is 0 Å². The fourth-order valence-corrected chi connectivity index (χ4v) is 3.02. The Morgan fingerprint density at radius 2 is 1.70 bits per heavy atom. The first-order chi connectivity index (χ1) is 14.8. The lowest BCUT2D eigenvalue weighted by atomic mass is 10.1. The summed E-state index contributed by atoms with van der Waals surface area (Å²) in [5.41, 5.74) is 14.4. The summed E-state index contributed by atoms with van der Waals surface area (Å²) < 4.78 is 0. The third-order valence-electron chi connectivity index (χ3n) is 4.52. The van der Waals surface area contributed by atoms with E-state index in [9.17, 15) is 9.59 Å². The number of aromatic nitrogens is 1. The van der Waals surface area contributed by atoms with Gasteiger partial charge >= 0.3 is 0 Å². The summed E-state index contributed by atoms with van der Waals surface area (Å²) >= 11 is 5.95. The minimum absolute atomic E-state index is 0. The third kappa shape index (κ3) is 7.46. The molecule has 0 bridgehead atoms. The molecule has 3 rings (SSSR count). The molecule has 2 aromatic carbocycles. The van der Waals surface area contributed by atoms with Crippen molar-refractivity contribution in [3.8, 4) is 0 Å². The Morgan fingerprint density at radius 1 is 0.970 bits per heavy atom. The van der Waals surface area contributed by atoms with E-state index in [2.05, 4.69) is 15.6 Å². The lowest BCUT2D eigenvalue weighted by Crippen LogP contribution is -2.23. The molecule has 10 N–H and O–H groups in total. The van der Waals surface area contributed by atoms with Crippen molar-refractivity contribution in [2.75, 3.05) is 5.32 Å². The van der Waals surface area contributed by atoms with Crippen LogP contribution in [0.25, 0.3) is 0 Å². The quantitative estimate of drug-likeness (QED) is 0.208. The highest BCUT2D eigenvalue weighted by Crippen LogP contribution is 2.19. The second-order valence-electron chi connectivity index (χ2n) is 6.73. The smallest absolute Gasteiger partial charge is 0.251 e. The van der Waals surface area contributed by atoms with E-state index < -0.39 is 5.91 Å². The number of nitrogens with one attached hydrogen (secondary N) is 3. The minimum atomic E-state index is -0.543. The summed E-state index contributed by atoms with van der Waals surface area (Å²) in [5, 5.41) is 14.3. The van der Waals surface area contributed by atoms with Crippen LogP contribution in [-0.4, -0.2) is 22.6 Å². The third-order valence-corrected chi connectivity index (χ3v) is 4.75. The van der Waals surface area contributed by atoms with Crippen molar-refractivity contribution in [3.63, 3.8) is 0 Å². The molecule has 0 radical (unpaired) electrons. The number of carbonyl (C=O) groups is 2. The first-order valence-corrected chi connectivity index (χ1v) is 9.71. The van der Waals surface area contributed by atoms with Crippen molar-refractivity contribution < 1.29 is 9.59 Å². The van der Waals surface area contributed by atoms with E-state index in [4.69, 9.17) is 28.5 Å². The molecule has 0 unspecified atom stereocenters. The van der Waals surface area contributed by atoms with Crippen LogP contribution in [0.15, 0.2) is 60.8 Å². The number of amidine groups is 1. The number of nitrogens with zero attached hydrogens (tertiary/aromatic N) is 1. The van der Waals surface area contributed by atoms with Crippen LogP contribution in [0.2, 0.25) is 5.02 Å². The van der Waals surface area contributed by atoms with Crippen LogP contribution in [0.1, 0.15) is 37.5 Å². The van der Waals surface area contributed by atoms with Gasteiger partial charge in [0.05, 0.1) is 17.8 Å². The Morgan fingerprint density at radius 3 is 2.30 bits per heavy atom. The number of rotatable bonds is 8. The molecule has 2 amide bonds. The van der Waals surface area contributed by atoms with Gasteiger partial charge in [0.2, 0.25) is 5.91 Å². The molecule has 0 saturated carbocycles. The topological polar surface area (TPSA) is 182 Å². The van der Waals surface area contributed by atoms with E-state index in [0.29, 0.717) is 39.6 Å². The number of amides is 2. The van der Waals surface area contributed by atoms with Crippen LogP contribution in [0.3, 0.4) is 0 Å². The van der Waals surface area contributed by atoms with Gasteiger partial charge in [-0.05, 0) is 42.0 Å². The second kappa shape index (κ2) is 12.4. The maximum absolute atomic E-state index is 12.4. The zero-order chi connectivity index (χ0) is 22.4. The number of hydrogen-bond donors (Lipinski definition) is 6. The van der Waals surface area contributed by atoms with Gasteiger partial charge in [0.25, 0.3) is 5.91 Å². The number of pyridine rings is 1. The minimum Gasteiger partial charge on any atom is -0.384 e. The lowest BCUT2D eigenvalue weighted by Gasteiger charge is -2.15. The first kappa shape index (κ1) is 27.4. The number of nitrogen functional groups attached to an aromatic ring is 1. The number of anilines is 1. The Hall–Kier alpha value is -3.66. The summed E-state index contributed by atoms with van der Waals surface area (Å²) in [7, 11) is 0. The largest absolute Gasteiger partial charge is 0.384 e. The summed E-state index contributed by atoms with van der Waals surface area (Å²) in [6.45, 7) is 0.607. The van der Waals surface area contributed by atoms with Crippen molar-refractivity contribution in [3.05, 3.63) is 93.8 Å². The first-order valence-electron chi connectivity index (χ1n) is 9.33. The molecule has 11 heteroatoms. The van der Waals surface area contributed by atoms with E-state index in [0.717, 1.165) is 5.56 Å². The Balaban J connectivity index is 0.00000272. The van der Waals surface area contributed by atoms with Crippen LogP contribution in [0.5, 0.6) is 0 Å². The molecule has 0 spiro atoms. The van der Waals surface area contributed by atoms with Crippen molar-refractivity contribution in [2.24, 2.45) is 11.5 Å². The molecule has 1 heterocycles. The van der Waals surface area contributed by atoms with Crippen molar-refractivity contribution in [1.82, 2.24) is 16.5 Å². The lowest BCUT2D eigenvalue weighted by molar-refractivity contribution is 0.0949. The zero-order valence-electron chi connectivity index (χ0n) is 17.6. The molecule has 1 aromatic heterocycles. The Bertz CT molecular complexity index is 1140. The average molecular weight is 490 g/mol. The molecule has 174 valence electrons. The molecule has 0 fully saturated rings. The SMILES string of the molecule is Cl.N.N=C(N)c1ccc(CNC(=O)c2cccc(Cl)c2)c(NCc2ccc(C(N)=O)cn2)c1. The number of carbonyl (C=O) groups excluding carboxylic acids is 2. The van der Waals surface area contributed by atoms with Gasteiger partial charge in [0.15, 0.2) is 0 Å². The number of halogens is 2. The van der Waals surface area contributed by atoms with Crippen LogP contribution >= 0.6 is 24.0 Å². The molecule has 0 aliphatic carbocycles. The molecular weight excluding hydrogens is 465 g/mol. The van der Waals surface area contributed by atoms with E-state index in [1.807, 2.05) is 0 Å². The van der Waals surface area contributed by atoms with Gasteiger partial charge in [0, 0.05) is 34.6 Å². The predicted molar refractivity (Wildman–Crippen MR) is 132 cm³/mol. The maximum atomic E-state index is 12.4. The highest BCUT2D eigenvalue weighted by molar-refractivity contribution is 6.30. The van der Waals surface area contributed by atoms with Crippen molar-refractivity contribution in [2.45, 2.75) is 13.1 Å². The van der Waals surface area contributed by atoms with Crippen LogP contribution in [-0.2, 0) is 13.1 Å². The van der Waals surface area contributed by atoms with Crippen molar-refractivity contribution >= 4 is 47.3 Å². The maximum Gasteiger partial charge on any atom is 0.251 e. The molecular formula is C22H25Cl2N7O2. The van der Waals surface area contributed by atoms with Gasteiger partial charge < -0.3 is 28.3 Å². The summed E-state index contributed by atoms with van der Waals surface area (Å²) in [5.74, 6) is -0.867. The van der Waals surface area contributed by atoms with E-state index >= 15 is 0 Å². The molecule has 0 atom stereocenters. The molecule has 9 nitrogen and oxygen atoms in total.